The number of nitrogens with one attached hydrogen (secondary N) is 2. The van der Waals surface area contributed by atoms with Crippen molar-refractivity contribution in [2.45, 2.75) is 5.03 Å². The number of aromatic nitrogens is 2. The molecule has 27 heavy (non-hydrogen) atoms. The van der Waals surface area contributed by atoms with Gasteiger partial charge < -0.3 is 14.6 Å². The van der Waals surface area contributed by atoms with Crippen LogP contribution in [0.5, 0.6) is 5.75 Å². The van der Waals surface area contributed by atoms with Crippen molar-refractivity contribution in [1.82, 2.24) is 9.55 Å². The van der Waals surface area contributed by atoms with Gasteiger partial charge in [-0.3, -0.25) is 9.52 Å². The van der Waals surface area contributed by atoms with Gasteiger partial charge >= 0.3 is 0 Å². The van der Waals surface area contributed by atoms with Crippen LogP contribution in [0, 0.1) is 0 Å². The van der Waals surface area contributed by atoms with E-state index in [9.17, 15) is 13.2 Å². The average molecular weight is 386 g/mol. The van der Waals surface area contributed by atoms with Crippen LogP contribution in [-0.2, 0) is 17.1 Å². The van der Waals surface area contributed by atoms with Crippen molar-refractivity contribution in [1.29, 1.82) is 0 Å². The first-order valence-corrected chi connectivity index (χ1v) is 9.42. The number of anilines is 2. The number of aryl methyl sites for hydroxylation is 1. The molecule has 0 radical (unpaired) electrons. The largest absolute Gasteiger partial charge is 0.495 e. The number of methoxy groups -OCH3 is 1. The zero-order valence-corrected chi connectivity index (χ0v) is 15.5. The summed E-state index contributed by atoms with van der Waals surface area (Å²) in [5.74, 6) is -0.0899. The molecule has 0 aliphatic rings. The SMILES string of the molecule is COc1ccc(C(=O)Nc2ccccc2)cc1NS(=O)(=O)c1cn(C)cn1. The monoisotopic (exact) mass is 386 g/mol. The Morgan fingerprint density at radius 2 is 1.89 bits per heavy atom. The summed E-state index contributed by atoms with van der Waals surface area (Å²) < 4.78 is 34.2. The number of hydrogen-bond donors (Lipinski definition) is 2. The molecule has 1 amide bonds. The molecule has 0 fully saturated rings. The van der Waals surface area contributed by atoms with Crippen LogP contribution in [0.4, 0.5) is 11.4 Å². The van der Waals surface area contributed by atoms with E-state index in [4.69, 9.17) is 4.74 Å². The summed E-state index contributed by atoms with van der Waals surface area (Å²) in [5.41, 5.74) is 1.05. The Morgan fingerprint density at radius 3 is 2.52 bits per heavy atom. The second-order valence-corrected chi connectivity index (χ2v) is 7.35. The first kappa shape index (κ1) is 18.5. The molecule has 0 aliphatic heterocycles. The number of para-hydroxylation sites is 1. The lowest BCUT2D eigenvalue weighted by molar-refractivity contribution is 0.102. The van der Waals surface area contributed by atoms with E-state index in [1.807, 2.05) is 6.07 Å². The number of sulfonamides is 1. The molecule has 0 spiro atoms. The van der Waals surface area contributed by atoms with Crippen LogP contribution in [0.1, 0.15) is 10.4 Å². The Balaban J connectivity index is 1.88. The van der Waals surface area contributed by atoms with E-state index in [1.54, 1.807) is 37.4 Å². The summed E-state index contributed by atoms with van der Waals surface area (Å²) in [7, 11) is -0.838. The third-order valence-corrected chi connectivity index (χ3v) is 4.94. The molecule has 1 aromatic heterocycles. The fourth-order valence-electron chi connectivity index (χ4n) is 2.38. The zero-order valence-electron chi connectivity index (χ0n) is 14.7. The Labute approximate surface area is 156 Å². The first-order chi connectivity index (χ1) is 12.9. The van der Waals surface area contributed by atoms with Crippen molar-refractivity contribution in [3.05, 3.63) is 66.6 Å². The molecular formula is C18H18N4O4S. The molecule has 2 aromatic carbocycles. The average Bonchev–Trinajstić information content (AvgIpc) is 3.09. The van der Waals surface area contributed by atoms with Crippen molar-refractivity contribution in [2.75, 3.05) is 17.1 Å². The van der Waals surface area contributed by atoms with Gasteiger partial charge in [-0.05, 0) is 30.3 Å². The maximum absolute atomic E-state index is 12.5. The van der Waals surface area contributed by atoms with Crippen LogP contribution >= 0.6 is 0 Å². The van der Waals surface area contributed by atoms with Gasteiger partial charge in [0.25, 0.3) is 15.9 Å². The minimum absolute atomic E-state index is 0.133. The molecule has 1 heterocycles. The second-order valence-electron chi connectivity index (χ2n) is 5.72. The Bertz CT molecular complexity index is 1060. The Kier molecular flexibility index (Phi) is 5.13. The highest BCUT2D eigenvalue weighted by molar-refractivity contribution is 7.92. The minimum atomic E-state index is -3.92. The third kappa shape index (κ3) is 4.26. The number of amides is 1. The van der Waals surface area contributed by atoms with Gasteiger partial charge in [0.15, 0.2) is 5.03 Å². The van der Waals surface area contributed by atoms with Crippen molar-refractivity contribution in [3.63, 3.8) is 0 Å². The highest BCUT2D eigenvalue weighted by atomic mass is 32.2. The third-order valence-electron chi connectivity index (χ3n) is 3.69. The van der Waals surface area contributed by atoms with Gasteiger partial charge in [-0.2, -0.15) is 8.42 Å². The van der Waals surface area contributed by atoms with Crippen LogP contribution < -0.4 is 14.8 Å². The molecule has 0 saturated heterocycles. The lowest BCUT2D eigenvalue weighted by atomic mass is 10.1. The molecule has 0 bridgehead atoms. The van der Waals surface area contributed by atoms with Gasteiger partial charge in [0.2, 0.25) is 0 Å². The number of rotatable bonds is 6. The molecule has 140 valence electrons. The quantitative estimate of drug-likeness (QED) is 0.678. The summed E-state index contributed by atoms with van der Waals surface area (Å²) in [4.78, 5) is 16.3. The highest BCUT2D eigenvalue weighted by Crippen LogP contribution is 2.28. The van der Waals surface area contributed by atoms with Gasteiger partial charge in [0.05, 0.1) is 19.1 Å². The molecule has 2 N–H and O–H groups in total. The van der Waals surface area contributed by atoms with Gasteiger partial charge in [0, 0.05) is 24.5 Å². The number of hydrogen-bond acceptors (Lipinski definition) is 5. The van der Waals surface area contributed by atoms with Gasteiger partial charge in [0.1, 0.15) is 5.75 Å². The molecule has 3 rings (SSSR count). The molecule has 8 nitrogen and oxygen atoms in total. The standard InChI is InChI=1S/C18H18N4O4S/c1-22-11-17(19-12-22)27(24,25)21-15-10-13(8-9-16(15)26-2)18(23)20-14-6-4-3-5-7-14/h3-12,21H,1-2H3,(H,20,23). The lowest BCUT2D eigenvalue weighted by Crippen LogP contribution is -2.16. The summed E-state index contributed by atoms with van der Waals surface area (Å²) in [5, 5.41) is 2.61. The van der Waals surface area contributed by atoms with Crippen LogP contribution in [-0.4, -0.2) is 31.0 Å². The Hall–Kier alpha value is -3.33. The predicted molar refractivity (Wildman–Crippen MR) is 101 cm³/mol. The smallest absolute Gasteiger partial charge is 0.281 e. The topological polar surface area (TPSA) is 102 Å². The molecule has 0 unspecified atom stereocenters. The summed E-state index contributed by atoms with van der Waals surface area (Å²) in [6.07, 6.45) is 2.76. The van der Waals surface area contributed by atoms with Crippen molar-refractivity contribution >= 4 is 27.3 Å². The van der Waals surface area contributed by atoms with E-state index < -0.39 is 10.0 Å². The van der Waals surface area contributed by atoms with E-state index >= 15 is 0 Å². The predicted octanol–water partition coefficient (Wildman–Crippen LogP) is 2.48. The van der Waals surface area contributed by atoms with Crippen molar-refractivity contribution in [3.8, 4) is 5.75 Å². The number of carbonyl (C=O) groups excluding carboxylic acids is 1. The van der Waals surface area contributed by atoms with E-state index in [2.05, 4.69) is 15.0 Å². The van der Waals surface area contributed by atoms with Gasteiger partial charge in [-0.15, -0.1) is 0 Å². The fraction of sp³-hybridized carbons (Fsp3) is 0.111. The summed E-state index contributed by atoms with van der Waals surface area (Å²) >= 11 is 0. The van der Waals surface area contributed by atoms with Crippen molar-refractivity contribution in [2.24, 2.45) is 7.05 Å². The number of benzene rings is 2. The Morgan fingerprint density at radius 1 is 1.15 bits per heavy atom. The van der Waals surface area contributed by atoms with Crippen LogP contribution in [0.25, 0.3) is 0 Å². The molecule has 0 saturated carbocycles. The van der Waals surface area contributed by atoms with Gasteiger partial charge in [-0.25, -0.2) is 4.98 Å². The van der Waals surface area contributed by atoms with Crippen molar-refractivity contribution < 1.29 is 17.9 Å². The number of carbonyl (C=O) groups is 1. The van der Waals surface area contributed by atoms with Crippen LogP contribution in [0.3, 0.4) is 0 Å². The number of imidazole rings is 1. The fourth-order valence-corrected chi connectivity index (χ4v) is 3.42. The van der Waals surface area contributed by atoms with Gasteiger partial charge in [-0.1, -0.05) is 18.2 Å². The lowest BCUT2D eigenvalue weighted by Gasteiger charge is -2.12. The van der Waals surface area contributed by atoms with Crippen LogP contribution in [0.2, 0.25) is 0 Å². The molecular weight excluding hydrogens is 368 g/mol. The molecule has 0 aliphatic carbocycles. The molecule has 3 aromatic rings. The summed E-state index contributed by atoms with van der Waals surface area (Å²) in [6.45, 7) is 0. The zero-order chi connectivity index (χ0) is 19.4. The molecule has 9 heteroatoms. The second kappa shape index (κ2) is 7.50. The highest BCUT2D eigenvalue weighted by Gasteiger charge is 2.20. The van der Waals surface area contributed by atoms with E-state index in [0.29, 0.717) is 5.69 Å². The number of ether oxygens (including phenoxy) is 1. The maximum Gasteiger partial charge on any atom is 0.281 e. The summed E-state index contributed by atoms with van der Waals surface area (Å²) in [6, 6.07) is 13.4. The van der Waals surface area contributed by atoms with Crippen LogP contribution in [0.15, 0.2) is 66.1 Å². The molecule has 0 atom stereocenters. The maximum atomic E-state index is 12.5. The first-order valence-electron chi connectivity index (χ1n) is 7.94. The van der Waals surface area contributed by atoms with E-state index in [1.165, 1.54) is 36.3 Å². The minimum Gasteiger partial charge on any atom is -0.495 e. The normalized spacial score (nSPS) is 11.0. The van der Waals surface area contributed by atoms with E-state index in [0.717, 1.165) is 0 Å². The number of nitrogens with zero attached hydrogens (tertiary/aromatic N) is 2. The van der Waals surface area contributed by atoms with E-state index in [-0.39, 0.29) is 27.9 Å².